The number of thioether (sulfide) groups is 1. The van der Waals surface area contributed by atoms with Crippen molar-refractivity contribution in [3.8, 4) is 0 Å². The summed E-state index contributed by atoms with van der Waals surface area (Å²) in [6, 6.07) is 12.6. The minimum Gasteiger partial charge on any atom is -0.351 e. The minimum absolute atomic E-state index is 0.232. The molecule has 0 saturated heterocycles. The van der Waals surface area contributed by atoms with Crippen molar-refractivity contribution in [1.29, 1.82) is 0 Å². The summed E-state index contributed by atoms with van der Waals surface area (Å²) in [5.74, 6) is 0.938. The van der Waals surface area contributed by atoms with Gasteiger partial charge in [0.2, 0.25) is 0 Å². The van der Waals surface area contributed by atoms with Gasteiger partial charge >= 0.3 is 0 Å². The molecular formula is C18H23N3O6S. The second-order valence-corrected chi connectivity index (χ2v) is 7.48. The zero-order chi connectivity index (χ0) is 20.5. The van der Waals surface area contributed by atoms with Crippen molar-refractivity contribution in [2.24, 2.45) is 7.05 Å². The van der Waals surface area contributed by atoms with Crippen LogP contribution in [0.4, 0.5) is 0 Å². The molecule has 1 aromatic carbocycles. The highest BCUT2D eigenvalue weighted by molar-refractivity contribution is 7.99. The Morgan fingerprint density at radius 2 is 1.75 bits per heavy atom. The Kier molecular flexibility index (Phi) is 8.12. The van der Waals surface area contributed by atoms with E-state index in [9.17, 15) is 20.2 Å². The average molecular weight is 409 g/mol. The number of hydrogen-bond acceptors (Lipinski definition) is 7. The lowest BCUT2D eigenvalue weighted by Gasteiger charge is -2.13. The fourth-order valence-electron chi connectivity index (χ4n) is 2.71. The number of hydrogen-bond donors (Lipinski definition) is 0. The van der Waals surface area contributed by atoms with Gasteiger partial charge in [-0.15, -0.1) is 20.2 Å². The third kappa shape index (κ3) is 7.10. The number of aromatic nitrogens is 1. The zero-order valence-electron chi connectivity index (χ0n) is 15.8. The van der Waals surface area contributed by atoms with Gasteiger partial charge in [0.05, 0.1) is 0 Å². The van der Waals surface area contributed by atoms with Crippen molar-refractivity contribution in [2.45, 2.75) is 25.9 Å². The van der Waals surface area contributed by atoms with Gasteiger partial charge in [0.25, 0.3) is 10.2 Å². The van der Waals surface area contributed by atoms with Gasteiger partial charge in [-0.25, -0.2) is 0 Å². The highest BCUT2D eigenvalue weighted by atomic mass is 32.2. The van der Waals surface area contributed by atoms with Gasteiger partial charge in [-0.3, -0.25) is 0 Å². The summed E-state index contributed by atoms with van der Waals surface area (Å²) in [5.41, 5.74) is 4.84. The first-order valence-electron chi connectivity index (χ1n) is 8.70. The van der Waals surface area contributed by atoms with E-state index >= 15 is 0 Å². The number of rotatable bonds is 12. The van der Waals surface area contributed by atoms with Crippen LogP contribution in [0.2, 0.25) is 0 Å². The molecule has 0 saturated carbocycles. The van der Waals surface area contributed by atoms with Crippen LogP contribution in [0.5, 0.6) is 0 Å². The maximum atomic E-state index is 10.5. The van der Waals surface area contributed by atoms with Crippen LogP contribution in [0.1, 0.15) is 22.5 Å². The van der Waals surface area contributed by atoms with Crippen LogP contribution >= 0.6 is 11.8 Å². The predicted molar refractivity (Wildman–Crippen MR) is 105 cm³/mol. The van der Waals surface area contributed by atoms with E-state index in [2.05, 4.69) is 57.6 Å². The Balaban J connectivity index is 1.82. The molecule has 9 nitrogen and oxygen atoms in total. The molecule has 10 heteroatoms. The molecule has 1 aromatic heterocycles. The van der Waals surface area contributed by atoms with Crippen LogP contribution in [-0.2, 0) is 29.6 Å². The summed E-state index contributed by atoms with van der Waals surface area (Å²) in [4.78, 5) is 29.3. The molecule has 0 N–H and O–H groups in total. The fourth-order valence-corrected chi connectivity index (χ4v) is 3.65. The van der Waals surface area contributed by atoms with Crippen molar-refractivity contribution >= 4 is 11.8 Å². The largest absolute Gasteiger partial charge is 0.351 e. The minimum atomic E-state index is -0.986. The van der Waals surface area contributed by atoms with E-state index < -0.39 is 22.9 Å². The molecule has 0 aliphatic rings. The van der Waals surface area contributed by atoms with Gasteiger partial charge in [0.1, 0.15) is 12.7 Å². The lowest BCUT2D eigenvalue weighted by atomic mass is 10.1. The first-order chi connectivity index (χ1) is 13.3. The molecule has 2 aromatic rings. The van der Waals surface area contributed by atoms with Crippen LogP contribution < -0.4 is 0 Å². The van der Waals surface area contributed by atoms with E-state index in [0.29, 0.717) is 5.75 Å². The Hall–Kier alpha value is -2.75. The predicted octanol–water partition coefficient (Wildman–Crippen LogP) is 2.99. The second kappa shape index (κ2) is 10.5. The molecule has 0 bridgehead atoms. The van der Waals surface area contributed by atoms with Gasteiger partial charge in [-0.1, -0.05) is 29.8 Å². The van der Waals surface area contributed by atoms with Crippen molar-refractivity contribution in [1.82, 2.24) is 4.57 Å². The molecule has 1 unspecified atom stereocenters. The Morgan fingerprint density at radius 3 is 2.39 bits per heavy atom. The van der Waals surface area contributed by atoms with Crippen molar-refractivity contribution < 1.29 is 19.8 Å². The third-order valence-corrected chi connectivity index (χ3v) is 5.34. The van der Waals surface area contributed by atoms with Crippen molar-refractivity contribution in [3.63, 3.8) is 0 Å². The Bertz CT molecular complexity index is 793. The topological polar surface area (TPSA) is 110 Å². The number of nitrogens with zero attached hydrogens (tertiary/aromatic N) is 3. The molecule has 1 heterocycles. The van der Waals surface area contributed by atoms with Gasteiger partial charge in [-0.05, 0) is 36.8 Å². The number of benzene rings is 1. The van der Waals surface area contributed by atoms with Gasteiger partial charge in [0, 0.05) is 30.6 Å². The van der Waals surface area contributed by atoms with Crippen molar-refractivity contribution in [2.75, 3.05) is 18.1 Å². The van der Waals surface area contributed by atoms with E-state index in [-0.39, 0.29) is 5.75 Å². The molecule has 1 atom stereocenters. The van der Waals surface area contributed by atoms with Gasteiger partial charge < -0.3 is 14.2 Å². The van der Waals surface area contributed by atoms with Gasteiger partial charge in [-0.2, -0.15) is 11.8 Å². The van der Waals surface area contributed by atoms with Gasteiger partial charge in [0.15, 0.2) is 0 Å². The summed E-state index contributed by atoms with van der Waals surface area (Å²) >= 11 is 1.43. The van der Waals surface area contributed by atoms with Crippen LogP contribution in [0, 0.1) is 27.2 Å². The Morgan fingerprint density at radius 1 is 1.07 bits per heavy atom. The van der Waals surface area contributed by atoms with E-state index in [4.69, 9.17) is 0 Å². The highest BCUT2D eigenvalue weighted by Crippen LogP contribution is 2.16. The summed E-state index contributed by atoms with van der Waals surface area (Å²) in [5, 5.41) is 18.8. The maximum absolute atomic E-state index is 10.5. The highest BCUT2D eigenvalue weighted by Gasteiger charge is 2.16. The lowest BCUT2D eigenvalue weighted by molar-refractivity contribution is -0.788. The SMILES string of the molecule is Cc1ccc(Cc2ccc(CCSCC(CO[N+](=O)[O-])O[N+](=O)[O-])n2C)cc1. The number of aryl methyl sites for hydroxylation is 2. The molecule has 2 rings (SSSR count). The molecule has 0 fully saturated rings. The van der Waals surface area contributed by atoms with Crippen LogP contribution in [0.25, 0.3) is 0 Å². The first-order valence-corrected chi connectivity index (χ1v) is 9.86. The molecule has 152 valence electrons. The standard InChI is InChI=1S/C18H23N3O6S/c1-14-3-5-15(6-4-14)11-17-8-7-16(19(17)2)9-10-28-13-18(27-21(24)25)12-26-20(22)23/h3-8,18H,9-13H2,1-2H3. The van der Waals surface area contributed by atoms with E-state index in [1.165, 1.54) is 28.6 Å². The summed E-state index contributed by atoms with van der Waals surface area (Å²) < 4.78 is 2.15. The molecule has 0 amide bonds. The molecule has 0 spiro atoms. The summed E-state index contributed by atoms with van der Waals surface area (Å²) in [7, 11) is 2.02. The van der Waals surface area contributed by atoms with E-state index in [1.54, 1.807) is 0 Å². The molecule has 0 aliphatic carbocycles. The zero-order valence-corrected chi connectivity index (χ0v) is 16.6. The van der Waals surface area contributed by atoms with Crippen LogP contribution in [0.15, 0.2) is 36.4 Å². The summed E-state index contributed by atoms with van der Waals surface area (Å²) in [6.07, 6.45) is 0.646. The molecule has 0 aliphatic heterocycles. The van der Waals surface area contributed by atoms with Crippen LogP contribution in [-0.4, -0.2) is 39.0 Å². The molecular weight excluding hydrogens is 386 g/mol. The molecule has 0 radical (unpaired) electrons. The normalized spacial score (nSPS) is 11.8. The summed E-state index contributed by atoms with van der Waals surface area (Å²) in [6.45, 7) is 1.60. The quantitative estimate of drug-likeness (QED) is 0.301. The Labute approximate surface area is 166 Å². The van der Waals surface area contributed by atoms with Crippen LogP contribution in [0.3, 0.4) is 0 Å². The first kappa shape index (κ1) is 21.5. The molecule has 28 heavy (non-hydrogen) atoms. The smallest absolute Gasteiger partial charge is 0.294 e. The third-order valence-electron chi connectivity index (χ3n) is 4.24. The van der Waals surface area contributed by atoms with E-state index in [0.717, 1.165) is 18.5 Å². The monoisotopic (exact) mass is 409 g/mol. The lowest BCUT2D eigenvalue weighted by Crippen LogP contribution is -2.27. The average Bonchev–Trinajstić information content (AvgIpc) is 2.98. The fraction of sp³-hybridized carbons (Fsp3) is 0.444. The maximum Gasteiger partial charge on any atom is 0.294 e. The second-order valence-electron chi connectivity index (χ2n) is 6.33. The van der Waals surface area contributed by atoms with E-state index in [1.807, 2.05) is 7.05 Å². The van der Waals surface area contributed by atoms with Crippen molar-refractivity contribution in [3.05, 3.63) is 79.1 Å².